The average Bonchev–Trinajstić information content (AvgIpc) is 3.64. The van der Waals surface area contributed by atoms with Crippen LogP contribution in [0.25, 0.3) is 4.85 Å². The van der Waals surface area contributed by atoms with E-state index in [0.29, 0.717) is 5.92 Å². The smallest absolute Gasteiger partial charge is 0.175 e. The molecule has 0 spiro atoms. The number of fused-ring (bicyclic) bond motifs is 11. The summed E-state index contributed by atoms with van der Waals surface area (Å²) in [6, 6.07) is 11.6. The Hall–Kier alpha value is -4.28. The van der Waals surface area contributed by atoms with E-state index in [9.17, 15) is 5.26 Å². The number of rotatable bonds is 0. The maximum absolute atomic E-state index is 9.96. The number of benzene rings is 1. The van der Waals surface area contributed by atoms with Crippen molar-refractivity contribution >= 4 is 5.69 Å². The van der Waals surface area contributed by atoms with Gasteiger partial charge in [0.1, 0.15) is 0 Å². The van der Waals surface area contributed by atoms with Gasteiger partial charge in [0.15, 0.2) is 5.70 Å². The summed E-state index contributed by atoms with van der Waals surface area (Å²) in [5.74, 6) is 0.599. The van der Waals surface area contributed by atoms with Crippen molar-refractivity contribution in [2.45, 2.75) is 37.3 Å². The first-order valence-corrected chi connectivity index (χ1v) is 12.9. The fraction of sp³-hybridized carbons (Fsp3) is 0.250. The standard InChI is InChI=1S/C32H22N4/c1-34-24-13-12-19-23-15-27-22(14-28(23)36-26-9-5-3-7-21(26)30(24)32(19)36)18-11-10-17(16-33)29-20-6-2-4-8-25(20)35(27)31(18)29/h2,4,6-14,23,29-32H,3,5,15H2/t23?,29-,30?,31?,32?/m1/s1. The molecule has 1 aromatic carbocycles. The number of allylic oxidation sites excluding steroid dienone is 10. The molecular weight excluding hydrogens is 440 g/mol. The van der Waals surface area contributed by atoms with Gasteiger partial charge in [-0.25, -0.2) is 4.85 Å². The third-order valence-electron chi connectivity index (χ3n) is 9.58. The predicted octanol–water partition coefficient (Wildman–Crippen LogP) is 6.18. The highest BCUT2D eigenvalue weighted by atomic mass is 15.3. The molecule has 4 nitrogen and oxygen atoms in total. The average molecular weight is 463 g/mol. The van der Waals surface area contributed by atoms with Gasteiger partial charge >= 0.3 is 0 Å². The predicted molar refractivity (Wildman–Crippen MR) is 138 cm³/mol. The highest BCUT2D eigenvalue weighted by molar-refractivity contribution is 5.81. The number of hydrogen-bond donors (Lipinski definition) is 0. The molecule has 5 atom stereocenters. The fourth-order valence-corrected chi connectivity index (χ4v) is 8.34. The van der Waals surface area contributed by atoms with Crippen LogP contribution in [0.2, 0.25) is 0 Å². The van der Waals surface area contributed by atoms with Crippen LogP contribution >= 0.6 is 0 Å². The lowest BCUT2D eigenvalue weighted by atomic mass is 9.76. The Kier molecular flexibility index (Phi) is 3.31. The number of hydrogen-bond acceptors (Lipinski definition) is 3. The Morgan fingerprint density at radius 1 is 0.944 bits per heavy atom. The molecule has 0 N–H and O–H groups in total. The van der Waals surface area contributed by atoms with Gasteiger partial charge in [0.05, 0.1) is 24.7 Å². The van der Waals surface area contributed by atoms with Crippen molar-refractivity contribution in [1.29, 1.82) is 5.26 Å². The Bertz CT molecular complexity index is 1670. The van der Waals surface area contributed by atoms with Crippen molar-refractivity contribution in [3.05, 3.63) is 134 Å². The van der Waals surface area contributed by atoms with Gasteiger partial charge in [-0.3, -0.25) is 0 Å². The molecule has 0 saturated carbocycles. The largest absolute Gasteiger partial charge is 0.338 e. The van der Waals surface area contributed by atoms with Crippen LogP contribution in [0, 0.1) is 29.7 Å². The van der Waals surface area contributed by atoms with Gasteiger partial charge in [-0.15, -0.1) is 0 Å². The van der Waals surface area contributed by atoms with Crippen LogP contribution in [-0.2, 0) is 0 Å². The van der Waals surface area contributed by atoms with Crippen LogP contribution in [-0.4, -0.2) is 17.0 Å². The van der Waals surface area contributed by atoms with Crippen molar-refractivity contribution in [1.82, 2.24) is 4.90 Å². The highest BCUT2D eigenvalue weighted by Crippen LogP contribution is 2.63. The molecule has 0 amide bonds. The molecule has 0 radical (unpaired) electrons. The molecule has 4 heteroatoms. The summed E-state index contributed by atoms with van der Waals surface area (Å²) in [7, 11) is 0. The third-order valence-corrected chi connectivity index (χ3v) is 9.58. The lowest BCUT2D eigenvalue weighted by molar-refractivity contribution is 0.405. The summed E-state index contributed by atoms with van der Waals surface area (Å²) in [4.78, 5) is 9.11. The van der Waals surface area contributed by atoms with E-state index in [-0.39, 0.29) is 23.9 Å². The van der Waals surface area contributed by atoms with Gasteiger partial charge in [-0.1, -0.05) is 48.6 Å². The van der Waals surface area contributed by atoms with Gasteiger partial charge in [-0.05, 0) is 53.3 Å². The minimum atomic E-state index is 0.104. The zero-order chi connectivity index (χ0) is 23.7. The molecule has 4 heterocycles. The molecule has 4 aliphatic heterocycles. The molecule has 8 aliphatic rings. The molecule has 2 fully saturated rings. The topological polar surface area (TPSA) is 34.6 Å². The number of para-hydroxylation sites is 1. The molecule has 4 unspecified atom stereocenters. The molecule has 170 valence electrons. The molecule has 4 aliphatic carbocycles. The highest BCUT2D eigenvalue weighted by Gasteiger charge is 2.58. The van der Waals surface area contributed by atoms with Crippen LogP contribution < -0.4 is 4.90 Å². The lowest BCUT2D eigenvalue weighted by Crippen LogP contribution is -2.32. The van der Waals surface area contributed by atoms with E-state index in [4.69, 9.17) is 6.57 Å². The summed E-state index contributed by atoms with van der Waals surface area (Å²) < 4.78 is 0. The molecule has 2 saturated heterocycles. The van der Waals surface area contributed by atoms with Gasteiger partial charge in [0.25, 0.3) is 0 Å². The molecule has 1 aromatic rings. The second-order valence-corrected chi connectivity index (χ2v) is 10.9. The Morgan fingerprint density at radius 3 is 2.72 bits per heavy atom. The first-order chi connectivity index (χ1) is 17.8. The van der Waals surface area contributed by atoms with Crippen molar-refractivity contribution in [3.8, 4) is 6.07 Å². The SMILES string of the molecule is [C-]#[N+]C1=CC=C2C3CC4=C(C=C3N3C5=CCCC=C5C1C23)C1=CC=C(C#N)[C@@H]2c3ccccc3N4C12. The van der Waals surface area contributed by atoms with E-state index in [1.165, 1.54) is 50.6 Å². The van der Waals surface area contributed by atoms with Crippen molar-refractivity contribution in [2.24, 2.45) is 11.8 Å². The zero-order valence-corrected chi connectivity index (χ0v) is 19.6. The van der Waals surface area contributed by atoms with E-state index in [1.54, 1.807) is 0 Å². The number of anilines is 1. The quantitative estimate of drug-likeness (QED) is 0.432. The second-order valence-electron chi connectivity index (χ2n) is 10.9. The van der Waals surface area contributed by atoms with Crippen LogP contribution in [0.1, 0.15) is 30.7 Å². The fourth-order valence-electron chi connectivity index (χ4n) is 8.34. The van der Waals surface area contributed by atoms with E-state index >= 15 is 0 Å². The second kappa shape index (κ2) is 6.28. The van der Waals surface area contributed by atoms with Gasteiger partial charge in [0, 0.05) is 58.1 Å². The number of nitrogens with zero attached hydrogens (tertiary/aromatic N) is 4. The maximum atomic E-state index is 9.96. The Labute approximate surface area is 210 Å². The van der Waals surface area contributed by atoms with Crippen LogP contribution in [0.5, 0.6) is 0 Å². The van der Waals surface area contributed by atoms with Crippen LogP contribution in [0.3, 0.4) is 0 Å². The maximum Gasteiger partial charge on any atom is 0.175 e. The first kappa shape index (κ1) is 19.0. The molecular formula is C32H22N4. The summed E-state index contributed by atoms with van der Waals surface area (Å²) in [5, 5.41) is 9.96. The van der Waals surface area contributed by atoms with E-state index in [1.807, 2.05) is 0 Å². The summed E-state index contributed by atoms with van der Waals surface area (Å²) in [5.41, 5.74) is 13.9. The van der Waals surface area contributed by atoms with E-state index < -0.39 is 0 Å². The van der Waals surface area contributed by atoms with Crippen molar-refractivity contribution in [3.63, 3.8) is 0 Å². The van der Waals surface area contributed by atoms with Crippen LogP contribution in [0.4, 0.5) is 5.69 Å². The minimum absolute atomic E-state index is 0.104. The summed E-state index contributed by atoms with van der Waals surface area (Å²) in [6.07, 6.45) is 19.0. The van der Waals surface area contributed by atoms with E-state index in [0.717, 1.165) is 30.5 Å². The minimum Gasteiger partial charge on any atom is -0.338 e. The summed E-state index contributed by atoms with van der Waals surface area (Å²) in [6.45, 7) is 7.87. The van der Waals surface area contributed by atoms with Crippen LogP contribution in [0.15, 0.2) is 117 Å². The normalized spacial score (nSPS) is 33.3. The van der Waals surface area contributed by atoms with Gasteiger partial charge in [0.2, 0.25) is 0 Å². The van der Waals surface area contributed by atoms with Crippen molar-refractivity contribution < 1.29 is 0 Å². The van der Waals surface area contributed by atoms with Gasteiger partial charge in [-0.2, -0.15) is 5.26 Å². The Morgan fingerprint density at radius 2 is 1.83 bits per heavy atom. The molecule has 0 aromatic heterocycles. The Balaban J connectivity index is 1.26. The monoisotopic (exact) mass is 462 g/mol. The summed E-state index contributed by atoms with van der Waals surface area (Å²) >= 11 is 0. The van der Waals surface area contributed by atoms with Gasteiger partial charge < -0.3 is 9.80 Å². The first-order valence-electron chi connectivity index (χ1n) is 12.9. The number of nitriles is 1. The lowest BCUT2D eigenvalue weighted by Gasteiger charge is -2.31. The third kappa shape index (κ3) is 1.96. The van der Waals surface area contributed by atoms with E-state index in [2.05, 4.69) is 87.5 Å². The molecule has 36 heavy (non-hydrogen) atoms. The zero-order valence-electron chi connectivity index (χ0n) is 19.6. The molecule has 9 rings (SSSR count). The molecule has 0 bridgehead atoms. The van der Waals surface area contributed by atoms with Crippen molar-refractivity contribution in [2.75, 3.05) is 4.90 Å².